The van der Waals surface area contributed by atoms with Gasteiger partial charge in [0.25, 0.3) is 0 Å². The van der Waals surface area contributed by atoms with Crippen LogP contribution in [0.5, 0.6) is 23.0 Å². The number of phenols is 2. The molecule has 3 rings (SSSR count). The smallest absolute Gasteiger partial charge is 0.138 e. The van der Waals surface area contributed by atoms with E-state index in [1.54, 1.807) is 30.3 Å². The van der Waals surface area contributed by atoms with Crippen LogP contribution in [-0.2, 0) is 6.61 Å². The molecule has 3 aromatic rings. The Morgan fingerprint density at radius 2 is 1.46 bits per heavy atom. The summed E-state index contributed by atoms with van der Waals surface area (Å²) in [4.78, 5) is 0. The van der Waals surface area contributed by atoms with Crippen LogP contribution < -0.4 is 9.47 Å². The summed E-state index contributed by atoms with van der Waals surface area (Å²) in [6, 6.07) is 8.65. The molecule has 0 aromatic heterocycles. The fraction of sp³-hybridized carbons (Fsp3) is 0.333. The molecule has 3 N–H and O–H groups in total. The van der Waals surface area contributed by atoms with Crippen molar-refractivity contribution in [2.75, 3.05) is 13.2 Å². The molecule has 0 aliphatic heterocycles. The Bertz CT molecular complexity index is 933. The first kappa shape index (κ1) is 18.1. The van der Waals surface area contributed by atoms with Crippen molar-refractivity contribution in [3.63, 3.8) is 0 Å². The number of hydrogen-bond donors (Lipinski definition) is 3. The zero-order valence-corrected chi connectivity index (χ0v) is 15.1. The van der Waals surface area contributed by atoms with E-state index in [1.807, 2.05) is 13.8 Å². The van der Waals surface area contributed by atoms with Crippen LogP contribution in [0.25, 0.3) is 21.5 Å². The van der Waals surface area contributed by atoms with E-state index in [1.165, 1.54) is 0 Å². The van der Waals surface area contributed by atoms with Gasteiger partial charge in [0.2, 0.25) is 0 Å². The molecule has 0 amide bonds. The molecule has 0 spiro atoms. The maximum absolute atomic E-state index is 11.0. The van der Waals surface area contributed by atoms with Gasteiger partial charge in [-0.25, -0.2) is 0 Å². The van der Waals surface area contributed by atoms with E-state index < -0.39 is 0 Å². The van der Waals surface area contributed by atoms with E-state index in [0.717, 1.165) is 12.8 Å². The van der Waals surface area contributed by atoms with Crippen molar-refractivity contribution in [2.24, 2.45) is 0 Å². The first-order chi connectivity index (χ1) is 12.6. The molecule has 3 aromatic carbocycles. The molecule has 5 nitrogen and oxygen atoms in total. The highest BCUT2D eigenvalue weighted by molar-refractivity contribution is 6.14. The Hall–Kier alpha value is -2.66. The van der Waals surface area contributed by atoms with Crippen molar-refractivity contribution in [1.29, 1.82) is 0 Å². The molecule has 0 aliphatic rings. The van der Waals surface area contributed by atoms with Gasteiger partial charge in [-0.2, -0.15) is 0 Å². The van der Waals surface area contributed by atoms with Crippen LogP contribution in [0.1, 0.15) is 32.3 Å². The van der Waals surface area contributed by atoms with Crippen LogP contribution >= 0.6 is 0 Å². The Balaban J connectivity index is 2.38. The molecule has 0 saturated carbocycles. The van der Waals surface area contributed by atoms with Gasteiger partial charge in [0, 0.05) is 10.8 Å². The van der Waals surface area contributed by atoms with Crippen molar-refractivity contribution in [2.45, 2.75) is 33.3 Å². The standard InChI is InChI=1S/C21H24O5/c1-3-8-25-16-7-5-6-14-18(16)21(24)19-15(20(14)23)10-13(12-22)11-17(19)26-9-4-2/h5-7,10-11,22-24H,3-4,8-9,12H2,1-2H3. The molecule has 0 atom stereocenters. The van der Waals surface area contributed by atoms with Crippen molar-refractivity contribution < 1.29 is 24.8 Å². The highest BCUT2D eigenvalue weighted by Crippen LogP contribution is 2.48. The number of aliphatic hydroxyl groups is 1. The largest absolute Gasteiger partial charge is 0.507 e. The minimum absolute atomic E-state index is 0.00935. The second-order valence-electron chi connectivity index (χ2n) is 6.25. The number of benzene rings is 3. The number of phenolic OH excluding ortho intramolecular Hbond substituents is 2. The number of aromatic hydroxyl groups is 2. The Morgan fingerprint density at radius 3 is 2.12 bits per heavy atom. The lowest BCUT2D eigenvalue weighted by atomic mass is 9.97. The predicted molar refractivity (Wildman–Crippen MR) is 102 cm³/mol. The molecule has 0 unspecified atom stereocenters. The highest BCUT2D eigenvalue weighted by atomic mass is 16.5. The summed E-state index contributed by atoms with van der Waals surface area (Å²) in [5.74, 6) is 1.00. The second-order valence-corrected chi connectivity index (χ2v) is 6.25. The van der Waals surface area contributed by atoms with E-state index in [4.69, 9.17) is 9.47 Å². The Kier molecular flexibility index (Phi) is 5.38. The summed E-state index contributed by atoms with van der Waals surface area (Å²) < 4.78 is 11.6. The van der Waals surface area contributed by atoms with Crippen LogP contribution in [0.3, 0.4) is 0 Å². The van der Waals surface area contributed by atoms with Crippen molar-refractivity contribution >= 4 is 21.5 Å². The Labute approximate surface area is 152 Å². The first-order valence-electron chi connectivity index (χ1n) is 8.92. The maximum Gasteiger partial charge on any atom is 0.138 e. The van der Waals surface area contributed by atoms with E-state index in [2.05, 4.69) is 0 Å². The quantitative estimate of drug-likeness (QED) is 0.430. The SMILES string of the molecule is CCCOc1cccc2c(O)c3cc(CO)cc(OCCC)c3c(O)c12. The van der Waals surface area contributed by atoms with Gasteiger partial charge < -0.3 is 24.8 Å². The lowest BCUT2D eigenvalue weighted by molar-refractivity contribution is 0.279. The van der Waals surface area contributed by atoms with Crippen LogP contribution in [0.4, 0.5) is 0 Å². The molecule has 0 bridgehead atoms. The molecule has 138 valence electrons. The molecule has 0 radical (unpaired) electrons. The number of ether oxygens (including phenoxy) is 2. The second kappa shape index (κ2) is 7.70. The van der Waals surface area contributed by atoms with Gasteiger partial charge in [-0.05, 0) is 36.6 Å². The van der Waals surface area contributed by atoms with Crippen LogP contribution in [-0.4, -0.2) is 28.5 Å². The number of aliphatic hydroxyl groups excluding tert-OH is 1. The Morgan fingerprint density at radius 1 is 0.808 bits per heavy atom. The van der Waals surface area contributed by atoms with Gasteiger partial charge >= 0.3 is 0 Å². The minimum atomic E-state index is -0.184. The summed E-state index contributed by atoms with van der Waals surface area (Å²) in [6.45, 7) is 4.79. The summed E-state index contributed by atoms with van der Waals surface area (Å²) in [7, 11) is 0. The van der Waals surface area contributed by atoms with Crippen molar-refractivity contribution in [1.82, 2.24) is 0 Å². The van der Waals surface area contributed by atoms with Gasteiger partial charge in [0.15, 0.2) is 0 Å². The summed E-state index contributed by atoms with van der Waals surface area (Å²) in [5, 5.41) is 33.2. The molecule has 26 heavy (non-hydrogen) atoms. The molecule has 0 fully saturated rings. The minimum Gasteiger partial charge on any atom is -0.507 e. The molecule has 0 aliphatic carbocycles. The number of fused-ring (bicyclic) bond motifs is 2. The average Bonchev–Trinajstić information content (AvgIpc) is 2.67. The zero-order valence-electron chi connectivity index (χ0n) is 15.1. The lowest BCUT2D eigenvalue weighted by Crippen LogP contribution is -1.99. The molecule has 0 saturated heterocycles. The molecular formula is C21H24O5. The fourth-order valence-corrected chi connectivity index (χ4v) is 3.10. The zero-order chi connectivity index (χ0) is 18.7. The topological polar surface area (TPSA) is 79.2 Å². The summed E-state index contributed by atoms with van der Waals surface area (Å²) in [6.07, 6.45) is 1.64. The van der Waals surface area contributed by atoms with Crippen molar-refractivity contribution in [3.8, 4) is 23.0 Å². The third-order valence-corrected chi connectivity index (χ3v) is 4.28. The molecule has 5 heteroatoms. The van der Waals surface area contributed by atoms with Gasteiger partial charge in [-0.15, -0.1) is 0 Å². The molecule has 0 heterocycles. The number of hydrogen-bond acceptors (Lipinski definition) is 5. The van der Waals surface area contributed by atoms with E-state index in [-0.39, 0.29) is 18.1 Å². The highest BCUT2D eigenvalue weighted by Gasteiger charge is 2.20. The third-order valence-electron chi connectivity index (χ3n) is 4.28. The van der Waals surface area contributed by atoms with Crippen molar-refractivity contribution in [3.05, 3.63) is 35.9 Å². The number of rotatable bonds is 7. The van der Waals surface area contributed by atoms with Crippen LogP contribution in [0.15, 0.2) is 30.3 Å². The monoisotopic (exact) mass is 356 g/mol. The summed E-state index contributed by atoms with van der Waals surface area (Å²) >= 11 is 0. The van der Waals surface area contributed by atoms with Crippen LogP contribution in [0.2, 0.25) is 0 Å². The van der Waals surface area contributed by atoms with E-state index >= 15 is 0 Å². The van der Waals surface area contributed by atoms with Crippen LogP contribution in [0, 0.1) is 0 Å². The maximum atomic E-state index is 11.0. The average molecular weight is 356 g/mol. The van der Waals surface area contributed by atoms with E-state index in [9.17, 15) is 15.3 Å². The van der Waals surface area contributed by atoms with E-state index in [0.29, 0.717) is 51.8 Å². The fourth-order valence-electron chi connectivity index (χ4n) is 3.10. The first-order valence-corrected chi connectivity index (χ1v) is 8.92. The van der Waals surface area contributed by atoms with Gasteiger partial charge in [-0.1, -0.05) is 26.0 Å². The van der Waals surface area contributed by atoms with Gasteiger partial charge in [0.05, 0.1) is 30.6 Å². The van der Waals surface area contributed by atoms with Gasteiger partial charge in [-0.3, -0.25) is 0 Å². The lowest BCUT2D eigenvalue weighted by Gasteiger charge is -2.17. The summed E-state index contributed by atoms with van der Waals surface area (Å²) in [5.41, 5.74) is 0.607. The normalized spacial score (nSPS) is 11.2. The third kappa shape index (κ3) is 3.10. The van der Waals surface area contributed by atoms with Gasteiger partial charge in [0.1, 0.15) is 23.0 Å². The molecular weight excluding hydrogens is 332 g/mol. The predicted octanol–water partition coefficient (Wildman–Crippen LogP) is 4.47.